The third kappa shape index (κ3) is 10.6. The second kappa shape index (κ2) is 16.1. The SMILES string of the molecule is CCCCS(=O)(=O)N[C@H](COc1cccc(C(=N)N)c1)Cc1ccc(OC2CCN(C(=O)OCc3ccccc3)CC2)cc1. The second-order valence-electron chi connectivity index (χ2n) is 10.9. The number of rotatable bonds is 15. The van der Waals surface area contributed by atoms with Crippen LogP contribution in [0, 0.1) is 5.41 Å². The minimum atomic E-state index is -3.49. The summed E-state index contributed by atoms with van der Waals surface area (Å²) in [6, 6.07) is 23.6. The molecule has 11 heteroatoms. The topological polar surface area (TPSA) is 144 Å². The van der Waals surface area contributed by atoms with Crippen molar-refractivity contribution in [1.82, 2.24) is 9.62 Å². The second-order valence-corrected chi connectivity index (χ2v) is 12.8. The maximum Gasteiger partial charge on any atom is 0.410 e. The highest BCUT2D eigenvalue weighted by atomic mass is 32.2. The smallest absolute Gasteiger partial charge is 0.410 e. The fourth-order valence-corrected chi connectivity index (χ4v) is 6.33. The first kappa shape index (κ1) is 32.8. The predicted molar refractivity (Wildman–Crippen MR) is 171 cm³/mol. The Morgan fingerprint density at radius 2 is 1.73 bits per heavy atom. The van der Waals surface area contributed by atoms with Crippen LogP contribution >= 0.6 is 0 Å². The van der Waals surface area contributed by atoms with Crippen LogP contribution in [-0.4, -0.2) is 62.8 Å². The van der Waals surface area contributed by atoms with Gasteiger partial charge in [0.1, 0.15) is 36.7 Å². The predicted octanol–water partition coefficient (Wildman–Crippen LogP) is 4.86. The Labute approximate surface area is 260 Å². The van der Waals surface area contributed by atoms with Crippen LogP contribution < -0.4 is 19.9 Å². The Bertz CT molecular complexity index is 1460. The number of amides is 1. The molecule has 10 nitrogen and oxygen atoms in total. The van der Waals surface area contributed by atoms with E-state index in [1.54, 1.807) is 29.2 Å². The lowest BCUT2D eigenvalue weighted by Crippen LogP contribution is -2.42. The van der Waals surface area contributed by atoms with Gasteiger partial charge in [0.05, 0.1) is 11.8 Å². The molecule has 0 radical (unpaired) electrons. The van der Waals surface area contributed by atoms with E-state index in [1.807, 2.05) is 61.5 Å². The Morgan fingerprint density at radius 3 is 2.41 bits per heavy atom. The number of ether oxygens (including phenoxy) is 3. The summed E-state index contributed by atoms with van der Waals surface area (Å²) in [5.74, 6) is 1.21. The largest absolute Gasteiger partial charge is 0.492 e. The molecule has 1 heterocycles. The first-order chi connectivity index (χ1) is 21.2. The number of unbranched alkanes of at least 4 members (excludes halogenated alkanes) is 1. The van der Waals surface area contributed by atoms with Gasteiger partial charge in [-0.05, 0) is 48.2 Å². The van der Waals surface area contributed by atoms with Crippen molar-refractivity contribution in [3.63, 3.8) is 0 Å². The summed E-state index contributed by atoms with van der Waals surface area (Å²) in [5, 5.41) is 7.65. The van der Waals surface area contributed by atoms with Crippen molar-refractivity contribution in [3.8, 4) is 11.5 Å². The van der Waals surface area contributed by atoms with Gasteiger partial charge in [-0.25, -0.2) is 17.9 Å². The summed E-state index contributed by atoms with van der Waals surface area (Å²) in [6.07, 6.45) is 2.84. The highest BCUT2D eigenvalue weighted by molar-refractivity contribution is 7.89. The molecule has 0 bridgehead atoms. The van der Waals surface area contributed by atoms with E-state index in [4.69, 9.17) is 25.4 Å². The highest BCUT2D eigenvalue weighted by Crippen LogP contribution is 2.21. The number of sulfonamides is 1. The molecule has 1 atom stereocenters. The Morgan fingerprint density at radius 1 is 1.00 bits per heavy atom. The Kier molecular flexibility index (Phi) is 12.0. The molecule has 1 fully saturated rings. The molecule has 1 saturated heterocycles. The average Bonchev–Trinajstić information content (AvgIpc) is 3.03. The first-order valence-corrected chi connectivity index (χ1v) is 16.6. The zero-order valence-corrected chi connectivity index (χ0v) is 25.9. The number of nitrogen functional groups attached to an aromatic ring is 1. The molecule has 4 rings (SSSR count). The van der Waals surface area contributed by atoms with Gasteiger partial charge in [-0.3, -0.25) is 5.41 Å². The summed E-state index contributed by atoms with van der Waals surface area (Å²) in [6.45, 7) is 3.43. The van der Waals surface area contributed by atoms with Crippen LogP contribution in [0.3, 0.4) is 0 Å². The van der Waals surface area contributed by atoms with Gasteiger partial charge in [0.15, 0.2) is 0 Å². The third-order valence-corrected chi connectivity index (χ3v) is 8.84. The van der Waals surface area contributed by atoms with Gasteiger partial charge < -0.3 is 24.8 Å². The van der Waals surface area contributed by atoms with Gasteiger partial charge in [0.2, 0.25) is 10.0 Å². The van der Waals surface area contributed by atoms with Crippen molar-refractivity contribution in [1.29, 1.82) is 5.41 Å². The molecule has 3 aromatic rings. The number of piperidine rings is 1. The number of nitrogens with two attached hydrogens (primary N) is 1. The van der Waals surface area contributed by atoms with E-state index >= 15 is 0 Å². The number of nitrogens with one attached hydrogen (secondary N) is 2. The molecule has 0 aromatic heterocycles. The number of hydrogen-bond acceptors (Lipinski definition) is 7. The summed E-state index contributed by atoms with van der Waals surface area (Å²) in [7, 11) is -3.49. The van der Waals surface area contributed by atoms with Crippen molar-refractivity contribution in [2.75, 3.05) is 25.4 Å². The molecule has 3 aromatic carbocycles. The number of hydrogen-bond donors (Lipinski definition) is 3. The molecule has 1 aliphatic heterocycles. The molecule has 0 unspecified atom stereocenters. The number of nitrogens with zero attached hydrogens (tertiary/aromatic N) is 1. The average molecular weight is 623 g/mol. The third-order valence-electron chi connectivity index (χ3n) is 7.32. The molecule has 236 valence electrons. The molecular weight excluding hydrogens is 580 g/mol. The van der Waals surface area contributed by atoms with Gasteiger partial charge in [0, 0.05) is 31.5 Å². The van der Waals surface area contributed by atoms with Crippen molar-refractivity contribution in [2.45, 2.75) is 57.8 Å². The number of likely N-dealkylation sites (tertiary alicyclic amines) is 1. The summed E-state index contributed by atoms with van der Waals surface area (Å²) in [5.41, 5.74) is 8.01. The quantitative estimate of drug-likeness (QED) is 0.162. The highest BCUT2D eigenvalue weighted by Gasteiger charge is 2.25. The van der Waals surface area contributed by atoms with Gasteiger partial charge in [-0.1, -0.05) is 67.9 Å². The van der Waals surface area contributed by atoms with Crippen molar-refractivity contribution < 1.29 is 27.4 Å². The molecule has 0 saturated carbocycles. The van der Waals surface area contributed by atoms with Gasteiger partial charge in [-0.2, -0.15) is 0 Å². The Balaban J connectivity index is 1.29. The summed E-state index contributed by atoms with van der Waals surface area (Å²) >= 11 is 0. The minimum absolute atomic E-state index is 0.0173. The molecule has 4 N–H and O–H groups in total. The summed E-state index contributed by atoms with van der Waals surface area (Å²) in [4.78, 5) is 14.2. The van der Waals surface area contributed by atoms with Crippen LogP contribution in [0.4, 0.5) is 4.79 Å². The van der Waals surface area contributed by atoms with E-state index < -0.39 is 16.1 Å². The lowest BCUT2D eigenvalue weighted by Gasteiger charge is -2.31. The minimum Gasteiger partial charge on any atom is -0.492 e. The number of carbonyl (C=O) groups excluding carboxylic acids is 1. The lowest BCUT2D eigenvalue weighted by atomic mass is 10.1. The van der Waals surface area contributed by atoms with Crippen molar-refractivity contribution >= 4 is 22.0 Å². The van der Waals surface area contributed by atoms with Crippen molar-refractivity contribution in [2.24, 2.45) is 5.73 Å². The van der Waals surface area contributed by atoms with E-state index in [9.17, 15) is 13.2 Å². The standard InChI is InChI=1S/C33H42N4O6S/c1-2-3-20-44(39,40)36-28(24-41-31-11-7-10-27(22-31)32(34)35)21-25-12-14-29(15-13-25)43-30-16-18-37(19-17-30)33(38)42-23-26-8-5-4-6-9-26/h4-15,22,28,30,36H,2-3,16-21,23-24H2,1H3,(H3,34,35)/t28-/m0/s1. The summed E-state index contributed by atoms with van der Waals surface area (Å²) < 4.78 is 45.8. The van der Waals surface area contributed by atoms with Crippen LogP contribution in [0.25, 0.3) is 0 Å². The van der Waals surface area contributed by atoms with E-state index in [1.165, 1.54) is 0 Å². The Hall–Kier alpha value is -4.09. The molecule has 44 heavy (non-hydrogen) atoms. The van der Waals surface area contributed by atoms with Gasteiger partial charge in [-0.15, -0.1) is 0 Å². The molecule has 1 aliphatic rings. The van der Waals surface area contributed by atoms with Crippen LogP contribution in [0.15, 0.2) is 78.9 Å². The maximum atomic E-state index is 12.7. The maximum absolute atomic E-state index is 12.7. The number of carbonyl (C=O) groups is 1. The first-order valence-electron chi connectivity index (χ1n) is 15.0. The van der Waals surface area contributed by atoms with E-state index in [0.717, 1.165) is 23.3 Å². The van der Waals surface area contributed by atoms with Gasteiger partial charge >= 0.3 is 6.09 Å². The van der Waals surface area contributed by atoms with Gasteiger partial charge in [0.25, 0.3) is 0 Å². The number of amidine groups is 1. The monoisotopic (exact) mass is 622 g/mol. The van der Waals surface area contributed by atoms with E-state index in [-0.39, 0.29) is 37.0 Å². The zero-order valence-electron chi connectivity index (χ0n) is 25.1. The number of benzene rings is 3. The molecule has 1 amide bonds. The fraction of sp³-hybridized carbons (Fsp3) is 0.394. The van der Waals surface area contributed by atoms with E-state index in [2.05, 4.69) is 4.72 Å². The molecular formula is C33H42N4O6S. The fourth-order valence-electron chi connectivity index (χ4n) is 4.88. The lowest BCUT2D eigenvalue weighted by molar-refractivity contribution is 0.0638. The molecule has 0 aliphatic carbocycles. The normalized spacial score (nSPS) is 14.5. The zero-order chi connectivity index (χ0) is 31.4. The van der Waals surface area contributed by atoms with Crippen LogP contribution in [0.2, 0.25) is 0 Å². The van der Waals surface area contributed by atoms with Crippen LogP contribution in [-0.2, 0) is 27.8 Å². The van der Waals surface area contributed by atoms with Crippen LogP contribution in [0.5, 0.6) is 11.5 Å². The van der Waals surface area contributed by atoms with E-state index in [0.29, 0.717) is 50.1 Å². The van der Waals surface area contributed by atoms with Crippen molar-refractivity contribution in [3.05, 3.63) is 95.6 Å². The molecule has 0 spiro atoms. The van der Waals surface area contributed by atoms with Crippen LogP contribution in [0.1, 0.15) is 49.3 Å².